The van der Waals surface area contributed by atoms with Gasteiger partial charge in [0.25, 0.3) is 0 Å². The van der Waals surface area contributed by atoms with Gasteiger partial charge in [-0.3, -0.25) is 4.79 Å². The van der Waals surface area contributed by atoms with Gasteiger partial charge in [0.2, 0.25) is 15.9 Å². The van der Waals surface area contributed by atoms with Crippen LogP contribution in [0, 0.1) is 0 Å². The molecule has 0 spiro atoms. The summed E-state index contributed by atoms with van der Waals surface area (Å²) in [5, 5.41) is 0. The van der Waals surface area contributed by atoms with Gasteiger partial charge in [0, 0.05) is 51.0 Å². The second-order valence-corrected chi connectivity index (χ2v) is 9.58. The van der Waals surface area contributed by atoms with Crippen LogP contribution in [-0.4, -0.2) is 64.4 Å². The number of hydrogen-bond acceptors (Lipinski definition) is 6. The highest BCUT2D eigenvalue weighted by molar-refractivity contribution is 7.89. The Morgan fingerprint density at radius 3 is 2.39 bits per heavy atom. The van der Waals surface area contributed by atoms with Gasteiger partial charge in [-0.1, -0.05) is 6.07 Å². The van der Waals surface area contributed by atoms with Crippen molar-refractivity contribution in [1.29, 1.82) is 0 Å². The molecule has 0 radical (unpaired) electrons. The number of nitrogens with zero attached hydrogens (tertiary/aromatic N) is 3. The van der Waals surface area contributed by atoms with Gasteiger partial charge in [-0.15, -0.1) is 0 Å². The summed E-state index contributed by atoms with van der Waals surface area (Å²) >= 11 is 0. The lowest BCUT2D eigenvalue weighted by atomic mass is 10.2. The van der Waals surface area contributed by atoms with Gasteiger partial charge in [0.05, 0.1) is 17.6 Å². The smallest absolute Gasteiger partial charge is 0.337 e. The third kappa shape index (κ3) is 4.03. The molecule has 1 fully saturated rings. The summed E-state index contributed by atoms with van der Waals surface area (Å²) in [4.78, 5) is 27.5. The van der Waals surface area contributed by atoms with Gasteiger partial charge in [0.15, 0.2) is 0 Å². The zero-order valence-corrected chi connectivity index (χ0v) is 18.4. The molecule has 4 rings (SSSR count). The van der Waals surface area contributed by atoms with E-state index in [1.54, 1.807) is 41.3 Å². The molecule has 0 atom stereocenters. The van der Waals surface area contributed by atoms with Crippen molar-refractivity contribution in [3.8, 4) is 0 Å². The second kappa shape index (κ2) is 8.32. The van der Waals surface area contributed by atoms with Crippen LogP contribution >= 0.6 is 0 Å². The number of ether oxygens (including phenoxy) is 1. The fourth-order valence-corrected chi connectivity index (χ4v) is 5.62. The number of methoxy groups -OCH3 is 1. The van der Waals surface area contributed by atoms with Crippen molar-refractivity contribution < 1.29 is 22.7 Å². The van der Waals surface area contributed by atoms with Crippen LogP contribution in [0.5, 0.6) is 0 Å². The topological polar surface area (TPSA) is 87.2 Å². The molecular formula is C22H25N3O5S. The number of sulfonamides is 1. The van der Waals surface area contributed by atoms with Crippen LogP contribution in [0.2, 0.25) is 0 Å². The zero-order chi connectivity index (χ0) is 22.2. The summed E-state index contributed by atoms with van der Waals surface area (Å²) in [6.45, 7) is 3.83. The van der Waals surface area contributed by atoms with E-state index in [1.807, 2.05) is 6.07 Å². The molecule has 2 aliphatic heterocycles. The number of rotatable bonds is 4. The first-order valence-electron chi connectivity index (χ1n) is 10.2. The van der Waals surface area contributed by atoms with E-state index >= 15 is 0 Å². The van der Waals surface area contributed by atoms with E-state index in [1.165, 1.54) is 18.3 Å². The van der Waals surface area contributed by atoms with E-state index in [2.05, 4.69) is 4.90 Å². The van der Waals surface area contributed by atoms with E-state index in [0.717, 1.165) is 16.9 Å². The third-order valence-electron chi connectivity index (χ3n) is 5.84. The van der Waals surface area contributed by atoms with Crippen molar-refractivity contribution in [3.63, 3.8) is 0 Å². The first-order valence-corrected chi connectivity index (χ1v) is 11.6. The number of carbonyl (C=O) groups excluding carboxylic acids is 2. The molecule has 8 nitrogen and oxygen atoms in total. The summed E-state index contributed by atoms with van der Waals surface area (Å²) in [5.74, 6) is -0.440. The second-order valence-electron chi connectivity index (χ2n) is 7.64. The maximum absolute atomic E-state index is 13.2. The molecule has 2 aliphatic rings. The molecule has 0 aromatic heterocycles. The number of fused-ring (bicyclic) bond motifs is 1. The fourth-order valence-electron chi connectivity index (χ4n) is 4.15. The number of benzene rings is 2. The van der Waals surface area contributed by atoms with Crippen LogP contribution in [0.1, 0.15) is 22.8 Å². The van der Waals surface area contributed by atoms with Gasteiger partial charge < -0.3 is 14.5 Å². The van der Waals surface area contributed by atoms with Gasteiger partial charge in [0.1, 0.15) is 0 Å². The molecule has 0 saturated carbocycles. The molecule has 1 saturated heterocycles. The Morgan fingerprint density at radius 2 is 1.71 bits per heavy atom. The standard InChI is InChI=1S/C22H25N3O5S/c1-16(26)25-9-8-17-15-20(6-7-21(17)25)31(28,29)24-12-10-23(11-13-24)19-5-3-4-18(14-19)22(27)30-2/h3-7,14-15H,8-13H2,1-2H3. The number of hydrogen-bond donors (Lipinski definition) is 0. The summed E-state index contributed by atoms with van der Waals surface area (Å²) in [7, 11) is -2.28. The predicted molar refractivity (Wildman–Crippen MR) is 117 cm³/mol. The van der Waals surface area contributed by atoms with Gasteiger partial charge in [-0.05, 0) is 48.4 Å². The van der Waals surface area contributed by atoms with Gasteiger partial charge in [-0.2, -0.15) is 4.31 Å². The molecule has 0 unspecified atom stereocenters. The minimum Gasteiger partial charge on any atom is -0.465 e. The Morgan fingerprint density at radius 1 is 0.968 bits per heavy atom. The summed E-state index contributed by atoms with van der Waals surface area (Å²) < 4.78 is 32.7. The maximum atomic E-state index is 13.2. The molecule has 0 N–H and O–H groups in total. The first-order chi connectivity index (χ1) is 14.8. The molecule has 0 aliphatic carbocycles. The molecule has 0 bridgehead atoms. The average molecular weight is 444 g/mol. The number of esters is 1. The first kappa shape index (κ1) is 21.3. The van der Waals surface area contributed by atoms with E-state index in [4.69, 9.17) is 4.74 Å². The highest BCUT2D eigenvalue weighted by atomic mass is 32.2. The number of amides is 1. The van der Waals surface area contributed by atoms with Crippen molar-refractivity contribution in [2.45, 2.75) is 18.2 Å². The van der Waals surface area contributed by atoms with Crippen molar-refractivity contribution >= 4 is 33.3 Å². The SMILES string of the molecule is COC(=O)c1cccc(N2CCN(S(=O)(=O)c3ccc4c(c3)CCN4C(C)=O)CC2)c1. The summed E-state index contributed by atoms with van der Waals surface area (Å²) in [6, 6.07) is 12.2. The van der Waals surface area contributed by atoms with Crippen LogP contribution in [0.15, 0.2) is 47.4 Å². The Kier molecular flexibility index (Phi) is 5.72. The van der Waals surface area contributed by atoms with E-state index < -0.39 is 16.0 Å². The lowest BCUT2D eigenvalue weighted by Gasteiger charge is -2.35. The van der Waals surface area contributed by atoms with E-state index in [0.29, 0.717) is 44.7 Å². The number of piperazine rings is 1. The summed E-state index contributed by atoms with van der Waals surface area (Å²) in [6.07, 6.45) is 0.655. The number of anilines is 2. The van der Waals surface area contributed by atoms with Crippen LogP contribution in [0.3, 0.4) is 0 Å². The lowest BCUT2D eigenvalue weighted by molar-refractivity contribution is -0.116. The van der Waals surface area contributed by atoms with E-state index in [-0.39, 0.29) is 10.8 Å². The monoisotopic (exact) mass is 443 g/mol. The highest BCUT2D eigenvalue weighted by Gasteiger charge is 2.31. The Labute approximate surface area is 182 Å². The normalized spacial score (nSPS) is 16.8. The highest BCUT2D eigenvalue weighted by Crippen LogP contribution is 2.31. The van der Waals surface area contributed by atoms with Crippen molar-refractivity contribution in [3.05, 3.63) is 53.6 Å². The van der Waals surface area contributed by atoms with Crippen molar-refractivity contribution in [1.82, 2.24) is 4.31 Å². The molecule has 2 aromatic rings. The summed E-state index contributed by atoms with van der Waals surface area (Å²) in [5.41, 5.74) is 3.01. The lowest BCUT2D eigenvalue weighted by Crippen LogP contribution is -2.48. The van der Waals surface area contributed by atoms with Crippen LogP contribution in [0.4, 0.5) is 11.4 Å². The molecule has 164 valence electrons. The Bertz CT molecular complexity index is 1120. The molecule has 2 aromatic carbocycles. The molecule has 31 heavy (non-hydrogen) atoms. The minimum atomic E-state index is -3.62. The minimum absolute atomic E-state index is 0.0400. The molecule has 1 amide bonds. The zero-order valence-electron chi connectivity index (χ0n) is 17.6. The van der Waals surface area contributed by atoms with Gasteiger partial charge >= 0.3 is 5.97 Å². The van der Waals surface area contributed by atoms with Crippen LogP contribution in [0.25, 0.3) is 0 Å². The maximum Gasteiger partial charge on any atom is 0.337 e. The van der Waals surface area contributed by atoms with Crippen molar-refractivity contribution in [2.75, 3.05) is 49.6 Å². The largest absolute Gasteiger partial charge is 0.465 e. The molecule has 9 heteroatoms. The Hall–Kier alpha value is -2.91. The van der Waals surface area contributed by atoms with Crippen LogP contribution in [-0.2, 0) is 26.0 Å². The van der Waals surface area contributed by atoms with Crippen molar-refractivity contribution in [2.24, 2.45) is 0 Å². The Balaban J connectivity index is 1.48. The van der Waals surface area contributed by atoms with Gasteiger partial charge in [-0.25, -0.2) is 13.2 Å². The average Bonchev–Trinajstić information content (AvgIpc) is 3.22. The fraction of sp³-hybridized carbons (Fsp3) is 0.364. The molecular weight excluding hydrogens is 418 g/mol. The van der Waals surface area contributed by atoms with Crippen LogP contribution < -0.4 is 9.80 Å². The number of carbonyl (C=O) groups is 2. The quantitative estimate of drug-likeness (QED) is 0.671. The predicted octanol–water partition coefficient (Wildman–Crippen LogP) is 1.89. The third-order valence-corrected chi connectivity index (χ3v) is 7.73. The van der Waals surface area contributed by atoms with E-state index in [9.17, 15) is 18.0 Å². The molecule has 2 heterocycles.